The molecule has 2 nitrogen and oxygen atoms in total. The van der Waals surface area contributed by atoms with E-state index in [0.29, 0.717) is 0 Å². The second-order valence-electron chi connectivity index (χ2n) is 4.58. The number of nitrogens with zero attached hydrogens (tertiary/aromatic N) is 1. The van der Waals surface area contributed by atoms with Gasteiger partial charge in [-0.1, -0.05) is 23.7 Å². The largest absolute Gasteiger partial charge is 0.322 e. The molecular formula is C12H19ClN2. The van der Waals surface area contributed by atoms with Crippen molar-refractivity contribution >= 4 is 11.6 Å². The highest BCUT2D eigenvalue weighted by molar-refractivity contribution is 6.30. The molecule has 0 amide bonds. The van der Waals surface area contributed by atoms with E-state index in [1.807, 2.05) is 38.4 Å². The third-order valence-electron chi connectivity index (χ3n) is 3.12. The minimum atomic E-state index is -0.0926. The number of hydrogen-bond acceptors (Lipinski definition) is 2. The van der Waals surface area contributed by atoms with Gasteiger partial charge < -0.3 is 10.6 Å². The summed E-state index contributed by atoms with van der Waals surface area (Å²) in [6, 6.07) is 7.69. The van der Waals surface area contributed by atoms with Crippen LogP contribution in [0.15, 0.2) is 24.3 Å². The molecule has 15 heavy (non-hydrogen) atoms. The van der Waals surface area contributed by atoms with Crippen LogP contribution in [0.1, 0.15) is 25.5 Å². The van der Waals surface area contributed by atoms with E-state index >= 15 is 0 Å². The first-order chi connectivity index (χ1) is 6.85. The molecule has 0 heterocycles. The topological polar surface area (TPSA) is 29.3 Å². The molecule has 1 aromatic carbocycles. The first-order valence-corrected chi connectivity index (χ1v) is 5.42. The molecule has 0 saturated carbocycles. The summed E-state index contributed by atoms with van der Waals surface area (Å²) in [6.45, 7) is 4.25. The fraction of sp³-hybridized carbons (Fsp3) is 0.500. The van der Waals surface area contributed by atoms with Crippen LogP contribution in [-0.2, 0) is 0 Å². The SMILES string of the molecule is CN(C)C(C)(C)C(N)c1cccc(Cl)c1. The van der Waals surface area contributed by atoms with E-state index in [9.17, 15) is 0 Å². The number of halogens is 1. The molecular weight excluding hydrogens is 208 g/mol. The van der Waals surface area contributed by atoms with Crippen molar-refractivity contribution in [3.63, 3.8) is 0 Å². The number of nitrogens with two attached hydrogens (primary N) is 1. The molecule has 1 aromatic rings. The Bertz CT molecular complexity index is 334. The van der Waals surface area contributed by atoms with Gasteiger partial charge in [0.15, 0.2) is 0 Å². The van der Waals surface area contributed by atoms with Crippen molar-refractivity contribution in [3.05, 3.63) is 34.9 Å². The third-order valence-corrected chi connectivity index (χ3v) is 3.36. The van der Waals surface area contributed by atoms with E-state index in [4.69, 9.17) is 17.3 Å². The summed E-state index contributed by atoms with van der Waals surface area (Å²) in [5, 5.41) is 0.734. The van der Waals surface area contributed by atoms with Crippen LogP contribution in [0.2, 0.25) is 5.02 Å². The van der Waals surface area contributed by atoms with Crippen LogP contribution in [0.3, 0.4) is 0 Å². The van der Waals surface area contributed by atoms with Gasteiger partial charge in [-0.3, -0.25) is 0 Å². The molecule has 0 aliphatic rings. The molecule has 0 aliphatic heterocycles. The van der Waals surface area contributed by atoms with Gasteiger partial charge in [0.05, 0.1) is 0 Å². The molecule has 0 aliphatic carbocycles. The van der Waals surface area contributed by atoms with E-state index in [2.05, 4.69) is 18.7 Å². The van der Waals surface area contributed by atoms with Gasteiger partial charge in [0.2, 0.25) is 0 Å². The molecule has 1 unspecified atom stereocenters. The van der Waals surface area contributed by atoms with Crippen molar-refractivity contribution in [1.82, 2.24) is 4.90 Å². The highest BCUT2D eigenvalue weighted by Crippen LogP contribution is 2.28. The Morgan fingerprint density at radius 2 is 1.93 bits per heavy atom. The van der Waals surface area contributed by atoms with E-state index < -0.39 is 0 Å². The highest BCUT2D eigenvalue weighted by Gasteiger charge is 2.29. The zero-order valence-corrected chi connectivity index (χ0v) is 10.5. The summed E-state index contributed by atoms with van der Waals surface area (Å²) < 4.78 is 0. The number of benzene rings is 1. The zero-order valence-electron chi connectivity index (χ0n) is 9.79. The minimum absolute atomic E-state index is 0.0498. The van der Waals surface area contributed by atoms with E-state index in [1.165, 1.54) is 0 Å². The fourth-order valence-corrected chi connectivity index (χ4v) is 1.58. The predicted octanol–water partition coefficient (Wildman–Crippen LogP) is 2.68. The van der Waals surface area contributed by atoms with Gasteiger partial charge in [0, 0.05) is 16.6 Å². The van der Waals surface area contributed by atoms with Crippen molar-refractivity contribution in [2.75, 3.05) is 14.1 Å². The van der Waals surface area contributed by atoms with Crippen molar-refractivity contribution in [2.24, 2.45) is 5.73 Å². The van der Waals surface area contributed by atoms with Crippen molar-refractivity contribution in [3.8, 4) is 0 Å². The summed E-state index contributed by atoms with van der Waals surface area (Å²) in [4.78, 5) is 2.12. The summed E-state index contributed by atoms with van der Waals surface area (Å²) in [6.07, 6.45) is 0. The van der Waals surface area contributed by atoms with Crippen LogP contribution >= 0.6 is 11.6 Å². The molecule has 84 valence electrons. The maximum atomic E-state index is 6.24. The predicted molar refractivity (Wildman–Crippen MR) is 66.1 cm³/mol. The molecule has 0 radical (unpaired) electrons. The monoisotopic (exact) mass is 226 g/mol. The van der Waals surface area contributed by atoms with Gasteiger partial charge in [0.1, 0.15) is 0 Å². The minimum Gasteiger partial charge on any atom is -0.322 e. The Hall–Kier alpha value is -0.570. The second-order valence-corrected chi connectivity index (χ2v) is 5.02. The van der Waals surface area contributed by atoms with E-state index in [0.717, 1.165) is 10.6 Å². The van der Waals surface area contributed by atoms with Crippen LogP contribution in [0.4, 0.5) is 0 Å². The van der Waals surface area contributed by atoms with Gasteiger partial charge in [-0.15, -0.1) is 0 Å². The number of hydrogen-bond donors (Lipinski definition) is 1. The Labute approximate surface area is 97.0 Å². The maximum Gasteiger partial charge on any atom is 0.0477 e. The Morgan fingerprint density at radius 3 is 2.40 bits per heavy atom. The molecule has 2 N–H and O–H groups in total. The van der Waals surface area contributed by atoms with E-state index in [-0.39, 0.29) is 11.6 Å². The van der Waals surface area contributed by atoms with Gasteiger partial charge in [-0.25, -0.2) is 0 Å². The Kier molecular flexibility index (Phi) is 3.77. The molecule has 0 fully saturated rings. The molecule has 1 atom stereocenters. The lowest BCUT2D eigenvalue weighted by Gasteiger charge is -2.38. The molecule has 0 bridgehead atoms. The van der Waals surface area contributed by atoms with Crippen LogP contribution < -0.4 is 5.73 Å². The second kappa shape index (κ2) is 4.52. The van der Waals surface area contributed by atoms with Crippen molar-refractivity contribution in [1.29, 1.82) is 0 Å². The third kappa shape index (κ3) is 2.71. The highest BCUT2D eigenvalue weighted by atomic mass is 35.5. The van der Waals surface area contributed by atoms with Gasteiger partial charge in [-0.2, -0.15) is 0 Å². The van der Waals surface area contributed by atoms with Crippen LogP contribution in [-0.4, -0.2) is 24.5 Å². The fourth-order valence-electron chi connectivity index (χ4n) is 1.39. The number of likely N-dealkylation sites (N-methyl/N-ethyl adjacent to an activating group) is 1. The Balaban J connectivity index is 2.99. The van der Waals surface area contributed by atoms with Crippen LogP contribution in [0.25, 0.3) is 0 Å². The Morgan fingerprint density at radius 1 is 1.33 bits per heavy atom. The van der Waals surface area contributed by atoms with Gasteiger partial charge in [-0.05, 0) is 45.6 Å². The quantitative estimate of drug-likeness (QED) is 0.859. The molecule has 3 heteroatoms. The van der Waals surface area contributed by atoms with Crippen LogP contribution in [0, 0.1) is 0 Å². The van der Waals surface area contributed by atoms with E-state index in [1.54, 1.807) is 0 Å². The normalized spacial score (nSPS) is 14.3. The standard InChI is InChI=1S/C12H19ClN2/c1-12(2,15(3)4)11(14)9-6-5-7-10(13)8-9/h5-8,11H,14H2,1-4H3. The maximum absolute atomic E-state index is 6.24. The lowest BCUT2D eigenvalue weighted by molar-refractivity contribution is 0.159. The van der Waals surface area contributed by atoms with Gasteiger partial charge >= 0.3 is 0 Å². The average molecular weight is 227 g/mol. The van der Waals surface area contributed by atoms with Crippen LogP contribution in [0.5, 0.6) is 0 Å². The van der Waals surface area contributed by atoms with Crippen molar-refractivity contribution < 1.29 is 0 Å². The smallest absolute Gasteiger partial charge is 0.0477 e. The number of rotatable bonds is 3. The lowest BCUT2D eigenvalue weighted by atomic mass is 9.88. The first-order valence-electron chi connectivity index (χ1n) is 5.04. The zero-order chi connectivity index (χ0) is 11.6. The lowest BCUT2D eigenvalue weighted by Crippen LogP contribution is -2.47. The summed E-state index contributed by atoms with van der Waals surface area (Å²) >= 11 is 5.95. The summed E-state index contributed by atoms with van der Waals surface area (Å²) in [7, 11) is 4.06. The first kappa shape index (κ1) is 12.5. The molecule has 0 spiro atoms. The molecule has 0 aromatic heterocycles. The summed E-state index contributed by atoms with van der Waals surface area (Å²) in [5.74, 6) is 0. The molecule has 0 saturated heterocycles. The average Bonchev–Trinajstić information content (AvgIpc) is 2.16. The summed E-state index contributed by atoms with van der Waals surface area (Å²) in [5.41, 5.74) is 7.22. The van der Waals surface area contributed by atoms with Crippen molar-refractivity contribution in [2.45, 2.75) is 25.4 Å². The van der Waals surface area contributed by atoms with Gasteiger partial charge in [0.25, 0.3) is 0 Å². The molecule has 1 rings (SSSR count).